The second kappa shape index (κ2) is 5.48. The van der Waals surface area contributed by atoms with Crippen LogP contribution in [0.1, 0.15) is 23.2 Å². The quantitative estimate of drug-likeness (QED) is 0.841. The summed E-state index contributed by atoms with van der Waals surface area (Å²) in [5, 5.41) is 0. The van der Waals surface area contributed by atoms with Gasteiger partial charge in [0.25, 0.3) is 5.56 Å². The topological polar surface area (TPSA) is 47.2 Å². The van der Waals surface area contributed by atoms with Crippen LogP contribution in [-0.4, -0.2) is 15.7 Å². The molecule has 0 radical (unpaired) electrons. The van der Waals surface area contributed by atoms with E-state index in [-0.39, 0.29) is 11.2 Å². The molecule has 1 aliphatic rings. The number of benzene rings is 1. The molecule has 2 heterocycles. The van der Waals surface area contributed by atoms with Crippen LogP contribution in [0.4, 0.5) is 5.69 Å². The molecule has 0 amide bonds. The summed E-state index contributed by atoms with van der Waals surface area (Å²) in [6, 6.07) is 8.04. The van der Waals surface area contributed by atoms with Crippen molar-refractivity contribution in [3.63, 3.8) is 0 Å². The second-order valence-electron chi connectivity index (χ2n) is 6.03. The SMILES string of the molecule is Cc1ccc2c(c1)CCCN2Cc1cc(=O)n(C)c(=O)n1C. The lowest BCUT2D eigenvalue weighted by Gasteiger charge is -2.32. The predicted octanol–water partition coefficient (Wildman–Crippen LogP) is 1.35. The fraction of sp³-hybridized carbons (Fsp3) is 0.412. The van der Waals surface area contributed by atoms with Gasteiger partial charge in [-0.05, 0) is 31.4 Å². The molecule has 0 saturated heterocycles. The summed E-state index contributed by atoms with van der Waals surface area (Å²) >= 11 is 0. The zero-order valence-corrected chi connectivity index (χ0v) is 13.3. The molecule has 0 saturated carbocycles. The fourth-order valence-corrected chi connectivity index (χ4v) is 3.09. The van der Waals surface area contributed by atoms with E-state index in [1.165, 1.54) is 23.9 Å². The van der Waals surface area contributed by atoms with Crippen LogP contribution in [0.15, 0.2) is 33.9 Å². The highest BCUT2D eigenvalue weighted by Gasteiger charge is 2.18. The normalized spacial score (nSPS) is 14.0. The van der Waals surface area contributed by atoms with Crippen LogP contribution in [0.2, 0.25) is 0 Å². The number of rotatable bonds is 2. The van der Waals surface area contributed by atoms with Crippen LogP contribution in [-0.2, 0) is 27.1 Å². The van der Waals surface area contributed by atoms with Crippen LogP contribution < -0.4 is 16.1 Å². The van der Waals surface area contributed by atoms with E-state index in [9.17, 15) is 9.59 Å². The van der Waals surface area contributed by atoms with Gasteiger partial charge in [0, 0.05) is 38.1 Å². The van der Waals surface area contributed by atoms with Gasteiger partial charge < -0.3 is 4.90 Å². The van der Waals surface area contributed by atoms with Gasteiger partial charge in [0.15, 0.2) is 0 Å². The number of anilines is 1. The third-order valence-corrected chi connectivity index (χ3v) is 4.43. The van der Waals surface area contributed by atoms with Crippen molar-refractivity contribution in [2.24, 2.45) is 14.1 Å². The molecule has 5 nitrogen and oxygen atoms in total. The van der Waals surface area contributed by atoms with Gasteiger partial charge in [-0.2, -0.15) is 0 Å². The van der Waals surface area contributed by atoms with Crippen molar-refractivity contribution in [1.82, 2.24) is 9.13 Å². The van der Waals surface area contributed by atoms with Gasteiger partial charge >= 0.3 is 5.69 Å². The molecular weight excluding hydrogens is 278 g/mol. The Morgan fingerprint density at radius 1 is 1.09 bits per heavy atom. The number of aromatic nitrogens is 2. The molecule has 1 aromatic heterocycles. The first-order valence-corrected chi connectivity index (χ1v) is 7.58. The van der Waals surface area contributed by atoms with E-state index in [4.69, 9.17) is 0 Å². The number of hydrogen-bond acceptors (Lipinski definition) is 3. The molecule has 1 aliphatic heterocycles. The van der Waals surface area contributed by atoms with Crippen molar-refractivity contribution < 1.29 is 0 Å². The van der Waals surface area contributed by atoms with E-state index in [1.54, 1.807) is 17.7 Å². The largest absolute Gasteiger partial charge is 0.365 e. The maximum absolute atomic E-state index is 12.0. The summed E-state index contributed by atoms with van der Waals surface area (Å²) in [5.74, 6) is 0. The van der Waals surface area contributed by atoms with Gasteiger partial charge in [-0.1, -0.05) is 17.7 Å². The molecule has 1 aromatic carbocycles. The van der Waals surface area contributed by atoms with Crippen molar-refractivity contribution in [1.29, 1.82) is 0 Å². The van der Waals surface area contributed by atoms with Crippen molar-refractivity contribution >= 4 is 5.69 Å². The molecule has 3 rings (SSSR count). The molecule has 22 heavy (non-hydrogen) atoms. The summed E-state index contributed by atoms with van der Waals surface area (Å²) in [4.78, 5) is 26.2. The van der Waals surface area contributed by atoms with Gasteiger partial charge in [-0.3, -0.25) is 13.9 Å². The Bertz CT molecular complexity index is 833. The maximum Gasteiger partial charge on any atom is 0.330 e. The van der Waals surface area contributed by atoms with Gasteiger partial charge in [-0.25, -0.2) is 4.79 Å². The summed E-state index contributed by atoms with van der Waals surface area (Å²) in [5.41, 5.74) is 4.05. The summed E-state index contributed by atoms with van der Waals surface area (Å²) in [6.07, 6.45) is 2.18. The molecule has 0 bridgehead atoms. The molecule has 0 N–H and O–H groups in total. The van der Waals surface area contributed by atoms with Crippen LogP contribution >= 0.6 is 0 Å². The van der Waals surface area contributed by atoms with Gasteiger partial charge in [-0.15, -0.1) is 0 Å². The van der Waals surface area contributed by atoms with Crippen LogP contribution in [0, 0.1) is 6.92 Å². The van der Waals surface area contributed by atoms with Crippen molar-refractivity contribution in [3.8, 4) is 0 Å². The highest BCUT2D eigenvalue weighted by Crippen LogP contribution is 2.28. The van der Waals surface area contributed by atoms with Crippen molar-refractivity contribution in [3.05, 3.63) is 61.9 Å². The monoisotopic (exact) mass is 299 g/mol. The van der Waals surface area contributed by atoms with E-state index in [1.807, 2.05) is 0 Å². The maximum atomic E-state index is 12.0. The smallest absolute Gasteiger partial charge is 0.330 e. The summed E-state index contributed by atoms with van der Waals surface area (Å²) in [6.45, 7) is 3.63. The van der Waals surface area contributed by atoms with Gasteiger partial charge in [0.05, 0.1) is 6.54 Å². The molecule has 116 valence electrons. The Morgan fingerprint density at radius 2 is 1.86 bits per heavy atom. The first-order chi connectivity index (χ1) is 10.5. The number of fused-ring (bicyclic) bond motifs is 1. The Labute approximate surface area is 129 Å². The van der Waals surface area contributed by atoms with Gasteiger partial charge in [0.2, 0.25) is 0 Å². The first kappa shape index (κ1) is 14.6. The Kier molecular flexibility index (Phi) is 3.64. The third-order valence-electron chi connectivity index (χ3n) is 4.43. The van der Waals surface area contributed by atoms with Crippen LogP contribution in [0.25, 0.3) is 0 Å². The lowest BCUT2D eigenvalue weighted by Crippen LogP contribution is -2.40. The molecule has 0 spiro atoms. The Hall–Kier alpha value is -2.30. The first-order valence-electron chi connectivity index (χ1n) is 7.58. The van der Waals surface area contributed by atoms with Crippen molar-refractivity contribution in [2.75, 3.05) is 11.4 Å². The lowest BCUT2D eigenvalue weighted by molar-refractivity contribution is 0.617. The Morgan fingerprint density at radius 3 is 2.64 bits per heavy atom. The predicted molar refractivity (Wildman–Crippen MR) is 87.5 cm³/mol. The minimum Gasteiger partial charge on any atom is -0.365 e. The molecule has 0 fully saturated rings. The van der Waals surface area contributed by atoms with Crippen LogP contribution in [0.3, 0.4) is 0 Å². The van der Waals surface area contributed by atoms with E-state index in [0.717, 1.165) is 29.6 Å². The number of aryl methyl sites for hydroxylation is 2. The number of nitrogens with zero attached hydrogens (tertiary/aromatic N) is 3. The average molecular weight is 299 g/mol. The third kappa shape index (κ3) is 2.47. The molecule has 2 aromatic rings. The minimum absolute atomic E-state index is 0.251. The van der Waals surface area contributed by atoms with E-state index in [0.29, 0.717) is 6.54 Å². The molecular formula is C17H21N3O2. The zero-order valence-electron chi connectivity index (χ0n) is 13.3. The number of hydrogen-bond donors (Lipinski definition) is 0. The van der Waals surface area contributed by atoms with Crippen molar-refractivity contribution in [2.45, 2.75) is 26.3 Å². The highest BCUT2D eigenvalue weighted by atomic mass is 16.2. The standard InChI is InChI=1S/C17H21N3O2/c1-12-6-7-15-13(9-12)5-4-8-20(15)11-14-10-16(21)19(3)17(22)18(14)2/h6-7,9-10H,4-5,8,11H2,1-3H3. The molecule has 5 heteroatoms. The van der Waals surface area contributed by atoms with Crippen LogP contribution in [0.5, 0.6) is 0 Å². The van der Waals surface area contributed by atoms with E-state index >= 15 is 0 Å². The summed E-state index contributed by atoms with van der Waals surface area (Å²) < 4.78 is 2.70. The summed E-state index contributed by atoms with van der Waals surface area (Å²) in [7, 11) is 3.23. The Balaban J connectivity index is 1.99. The molecule has 0 atom stereocenters. The molecule has 0 aliphatic carbocycles. The second-order valence-corrected chi connectivity index (χ2v) is 6.03. The average Bonchev–Trinajstić information content (AvgIpc) is 2.50. The van der Waals surface area contributed by atoms with Gasteiger partial charge in [0.1, 0.15) is 0 Å². The zero-order chi connectivity index (χ0) is 15.9. The highest BCUT2D eigenvalue weighted by molar-refractivity contribution is 5.56. The van der Waals surface area contributed by atoms with E-state index < -0.39 is 0 Å². The van der Waals surface area contributed by atoms with E-state index in [2.05, 4.69) is 30.0 Å². The lowest BCUT2D eigenvalue weighted by atomic mass is 9.99. The minimum atomic E-state index is -0.274. The fourth-order valence-electron chi connectivity index (χ4n) is 3.09. The molecule has 0 unspecified atom stereocenters.